The van der Waals surface area contributed by atoms with Gasteiger partial charge in [-0.15, -0.1) is 36.6 Å². The van der Waals surface area contributed by atoms with Gasteiger partial charge in [-0.25, -0.2) is 5.57 Å². The molecule has 1 unspecified atom stereocenters. The van der Waals surface area contributed by atoms with Crippen LogP contribution in [-0.4, -0.2) is 19.7 Å². The Morgan fingerprint density at radius 3 is 1.70 bits per heavy atom. The van der Waals surface area contributed by atoms with Crippen LogP contribution in [0.1, 0.15) is 27.7 Å². The van der Waals surface area contributed by atoms with E-state index in [0.717, 1.165) is 0 Å². The normalized spacial score (nSPS) is 15.7. The summed E-state index contributed by atoms with van der Waals surface area (Å²) in [6, 6.07) is 14.7. The first-order valence-corrected chi connectivity index (χ1v) is 24.4. The Morgan fingerprint density at radius 2 is 1.40 bits per heavy atom. The van der Waals surface area contributed by atoms with E-state index < -0.39 is 15.2 Å². The van der Waals surface area contributed by atoms with E-state index in [2.05, 4.69) is 116 Å². The maximum absolute atomic E-state index is 3.36. The predicted octanol–water partition coefficient (Wildman–Crippen LogP) is 1.65. The Bertz CT molecular complexity index is 822. The maximum atomic E-state index is 3.36. The van der Waals surface area contributed by atoms with Gasteiger partial charge in [0, 0.05) is 0 Å². The van der Waals surface area contributed by atoms with E-state index in [1.807, 2.05) is 23.3 Å². The molecular formula is C24H38Cl2Si3Zr-2. The molecule has 0 saturated heterocycles. The van der Waals surface area contributed by atoms with E-state index >= 15 is 0 Å². The molecule has 0 heterocycles. The summed E-state index contributed by atoms with van der Waals surface area (Å²) in [5.74, 6) is 0.560. The van der Waals surface area contributed by atoms with Crippen LogP contribution in [-0.2, 0) is 23.3 Å². The van der Waals surface area contributed by atoms with Gasteiger partial charge in [-0.2, -0.15) is 28.7 Å². The molecule has 0 nitrogen and oxygen atoms in total. The molecule has 6 heteroatoms. The van der Waals surface area contributed by atoms with Crippen LogP contribution < -0.4 is 24.8 Å². The summed E-state index contributed by atoms with van der Waals surface area (Å²) >= 11 is 1.89. The van der Waals surface area contributed by atoms with Crippen LogP contribution in [0, 0.1) is 12.0 Å². The van der Waals surface area contributed by atoms with Gasteiger partial charge in [0.25, 0.3) is 0 Å². The molecule has 1 atom stereocenters. The molecule has 0 spiro atoms. The fourth-order valence-corrected chi connectivity index (χ4v) is 32.6. The van der Waals surface area contributed by atoms with Crippen molar-refractivity contribution in [2.45, 2.75) is 67.0 Å². The molecule has 0 aromatic heterocycles. The Hall–Kier alpha value is 0.424. The SMILES string of the molecule is CC1=[C-]C(C)C(C)=C1C.C[Si](C)(C)[Si](=[Zr+2])[Si](C)(C)C.[Cl-].[Cl-].c1ccc2[cH-]ccc2c1. The first kappa shape index (κ1) is 32.6. The van der Waals surface area contributed by atoms with Gasteiger partial charge < -0.3 is 24.8 Å². The maximum Gasteiger partial charge on any atom is -0.0809 e. The van der Waals surface area contributed by atoms with Gasteiger partial charge in [0.15, 0.2) is 0 Å². The van der Waals surface area contributed by atoms with Crippen molar-refractivity contribution < 1.29 is 48.1 Å². The summed E-state index contributed by atoms with van der Waals surface area (Å²) in [7, 11) is -1.38. The van der Waals surface area contributed by atoms with Crippen molar-refractivity contribution in [1.29, 1.82) is 0 Å². The molecule has 3 rings (SSSR count). The number of benzene rings is 1. The number of allylic oxidation sites excluding steroid dienone is 4. The molecular weight excluding hydrogens is 535 g/mol. The Balaban J connectivity index is 0. The third-order valence-electron chi connectivity index (χ3n) is 5.28. The second-order valence-electron chi connectivity index (χ2n) is 9.83. The van der Waals surface area contributed by atoms with Crippen molar-refractivity contribution in [2.24, 2.45) is 5.92 Å². The summed E-state index contributed by atoms with van der Waals surface area (Å²) in [5, 5.41) is 2.66. The van der Waals surface area contributed by atoms with Crippen LogP contribution in [0.4, 0.5) is 0 Å². The fourth-order valence-electron chi connectivity index (χ4n) is 3.36. The molecule has 30 heavy (non-hydrogen) atoms. The largest absolute Gasteiger partial charge is 1.00 e. The number of rotatable bonds is 2. The molecule has 0 radical (unpaired) electrons. The third-order valence-corrected chi connectivity index (χ3v) is 64.0. The standard InChI is InChI=1S/C9H7.C9H13.C6H18Si3.2ClH.Zr/c1-2-5-9-7-3-6-8(9)4-1;1-6-5-7(2)9(4)8(6)3;1-8(2,3)7-9(4,5)6;;;/h1-7H;6H,1-4H3;1-6H3;2*1H;/q2*-1;;;;+2/p-2. The molecule has 2 aromatic carbocycles. The van der Waals surface area contributed by atoms with E-state index in [4.69, 9.17) is 0 Å². The van der Waals surface area contributed by atoms with E-state index in [0.29, 0.717) is 5.92 Å². The van der Waals surface area contributed by atoms with E-state index in [1.165, 1.54) is 27.5 Å². The van der Waals surface area contributed by atoms with Crippen LogP contribution in [0.15, 0.2) is 59.2 Å². The van der Waals surface area contributed by atoms with Crippen LogP contribution >= 0.6 is 0 Å². The minimum Gasteiger partial charge on any atom is -1.00 e. The molecule has 0 bridgehead atoms. The van der Waals surface area contributed by atoms with E-state index in [9.17, 15) is 0 Å². The number of hydrogen-bond donors (Lipinski definition) is 0. The summed E-state index contributed by atoms with van der Waals surface area (Å²) in [6.07, 6.45) is 3.36. The summed E-state index contributed by atoms with van der Waals surface area (Å²) in [4.78, 5) is 0. The fraction of sp³-hybridized carbons (Fsp3) is 0.458. The molecule has 2 aromatic rings. The second-order valence-corrected chi connectivity index (χ2v) is 44.1. The zero-order valence-electron chi connectivity index (χ0n) is 20.4. The minimum atomic E-state index is -0.692. The van der Waals surface area contributed by atoms with Gasteiger partial charge in [0.05, 0.1) is 0 Å². The average Bonchev–Trinajstić information content (AvgIpc) is 3.15. The van der Waals surface area contributed by atoms with Gasteiger partial charge in [0.1, 0.15) is 0 Å². The van der Waals surface area contributed by atoms with Crippen molar-refractivity contribution >= 4 is 30.4 Å². The number of hydrogen-bond acceptors (Lipinski definition) is 0. The first-order chi connectivity index (χ1) is 12.7. The van der Waals surface area contributed by atoms with E-state index in [-0.39, 0.29) is 29.3 Å². The van der Waals surface area contributed by atoms with Crippen LogP contribution in [0.3, 0.4) is 0 Å². The average molecular weight is 573 g/mol. The molecule has 0 N–H and O–H groups in total. The number of fused-ring (bicyclic) bond motifs is 1. The number of halogens is 2. The Kier molecular flexibility index (Phi) is 15.1. The summed E-state index contributed by atoms with van der Waals surface area (Å²) in [6.45, 7) is 24.0. The van der Waals surface area contributed by atoms with Crippen molar-refractivity contribution in [1.82, 2.24) is 0 Å². The van der Waals surface area contributed by atoms with Gasteiger partial charge in [-0.05, 0) is 0 Å². The van der Waals surface area contributed by atoms with Crippen LogP contribution in [0.2, 0.25) is 39.3 Å². The topological polar surface area (TPSA) is 0 Å². The zero-order chi connectivity index (χ0) is 21.7. The van der Waals surface area contributed by atoms with Crippen molar-refractivity contribution in [2.75, 3.05) is 0 Å². The molecule has 0 saturated carbocycles. The van der Waals surface area contributed by atoms with Crippen LogP contribution in [0.5, 0.6) is 0 Å². The van der Waals surface area contributed by atoms with Gasteiger partial charge >= 0.3 is 82.3 Å². The Morgan fingerprint density at radius 1 is 0.900 bits per heavy atom. The van der Waals surface area contributed by atoms with Gasteiger partial charge in [0.2, 0.25) is 0 Å². The molecule has 0 fully saturated rings. The quantitative estimate of drug-likeness (QED) is 0.379. The molecule has 1 aliphatic carbocycles. The zero-order valence-corrected chi connectivity index (χ0v) is 27.3. The van der Waals surface area contributed by atoms with Crippen molar-refractivity contribution in [3.05, 3.63) is 65.3 Å². The van der Waals surface area contributed by atoms with Gasteiger partial charge in [-0.1, -0.05) is 32.8 Å². The second kappa shape index (κ2) is 13.9. The minimum absolute atomic E-state index is 0. The summed E-state index contributed by atoms with van der Waals surface area (Å²) < 4.78 is 0.147. The first-order valence-electron chi connectivity index (χ1n) is 10.2. The predicted molar refractivity (Wildman–Crippen MR) is 132 cm³/mol. The molecule has 0 amide bonds. The van der Waals surface area contributed by atoms with E-state index in [1.54, 1.807) is 0 Å². The third kappa shape index (κ3) is 10.4. The van der Waals surface area contributed by atoms with Crippen molar-refractivity contribution in [3.63, 3.8) is 0 Å². The van der Waals surface area contributed by atoms with Crippen LogP contribution in [0.25, 0.3) is 10.8 Å². The molecule has 0 aliphatic heterocycles. The Labute approximate surface area is 215 Å². The van der Waals surface area contributed by atoms with Crippen molar-refractivity contribution in [3.8, 4) is 0 Å². The summed E-state index contributed by atoms with van der Waals surface area (Å²) in [5.41, 5.74) is 4.25. The monoisotopic (exact) mass is 570 g/mol. The molecule has 1 aliphatic rings. The van der Waals surface area contributed by atoms with Gasteiger partial charge in [-0.3, -0.25) is 6.08 Å². The smallest absolute Gasteiger partial charge is 0.0809 e. The molecule has 166 valence electrons.